The lowest BCUT2D eigenvalue weighted by molar-refractivity contribution is -0.130. The third-order valence-electron chi connectivity index (χ3n) is 4.59. The molecule has 0 spiro atoms. The number of ether oxygens (including phenoxy) is 2. The van der Waals surface area contributed by atoms with Crippen LogP contribution in [-0.2, 0) is 14.9 Å². The molecule has 0 saturated carbocycles. The maximum atomic E-state index is 13.0. The summed E-state index contributed by atoms with van der Waals surface area (Å²) in [6, 6.07) is 17.3. The Labute approximate surface area is 153 Å². The lowest BCUT2D eigenvalue weighted by Crippen LogP contribution is -2.48. The Bertz CT molecular complexity index is 699. The van der Waals surface area contributed by atoms with E-state index in [1.165, 1.54) is 0 Å². The molecule has 0 unspecified atom stereocenters. The number of halogens is 1. The molecule has 0 aliphatic carbocycles. The lowest BCUT2D eigenvalue weighted by Gasteiger charge is -2.36. The van der Waals surface area contributed by atoms with E-state index in [1.54, 1.807) is 6.07 Å². The van der Waals surface area contributed by atoms with Gasteiger partial charge in [-0.3, -0.25) is 4.79 Å². The van der Waals surface area contributed by atoms with Gasteiger partial charge in [0.05, 0.1) is 17.0 Å². The standard InChI is InChI=1S/C20H22ClNO3/c21-17-8-4-5-9-18(17)25-15-12-22-19(23)20(10-13-24-14-11-20)16-6-2-1-3-7-16/h1-9H,10-15H2,(H,22,23). The highest BCUT2D eigenvalue weighted by molar-refractivity contribution is 6.32. The normalized spacial score (nSPS) is 16.2. The molecule has 25 heavy (non-hydrogen) atoms. The van der Waals surface area contributed by atoms with Crippen molar-refractivity contribution >= 4 is 17.5 Å². The molecular formula is C20H22ClNO3. The molecule has 1 aliphatic rings. The van der Waals surface area contributed by atoms with Gasteiger partial charge in [-0.1, -0.05) is 54.1 Å². The Morgan fingerprint density at radius 3 is 2.48 bits per heavy atom. The van der Waals surface area contributed by atoms with Crippen LogP contribution in [-0.4, -0.2) is 32.3 Å². The number of hydrogen-bond acceptors (Lipinski definition) is 3. The molecule has 0 aromatic heterocycles. The Morgan fingerprint density at radius 1 is 1.08 bits per heavy atom. The van der Waals surface area contributed by atoms with E-state index in [2.05, 4.69) is 5.32 Å². The first-order chi connectivity index (χ1) is 12.2. The molecule has 1 fully saturated rings. The van der Waals surface area contributed by atoms with Crippen LogP contribution < -0.4 is 10.1 Å². The second-order valence-corrected chi connectivity index (χ2v) is 6.50. The van der Waals surface area contributed by atoms with E-state index < -0.39 is 5.41 Å². The van der Waals surface area contributed by atoms with Gasteiger partial charge in [0.25, 0.3) is 0 Å². The van der Waals surface area contributed by atoms with Gasteiger partial charge in [0.1, 0.15) is 12.4 Å². The van der Waals surface area contributed by atoms with Crippen LogP contribution in [0, 0.1) is 0 Å². The van der Waals surface area contributed by atoms with Gasteiger partial charge in [-0.2, -0.15) is 0 Å². The number of benzene rings is 2. The average Bonchev–Trinajstić information content (AvgIpc) is 2.67. The largest absolute Gasteiger partial charge is 0.490 e. The smallest absolute Gasteiger partial charge is 0.230 e. The highest BCUT2D eigenvalue weighted by Gasteiger charge is 2.41. The van der Waals surface area contributed by atoms with E-state index in [0.717, 1.165) is 5.56 Å². The van der Waals surface area contributed by atoms with Gasteiger partial charge in [0.15, 0.2) is 0 Å². The molecule has 5 heteroatoms. The van der Waals surface area contributed by atoms with Crippen molar-refractivity contribution in [1.29, 1.82) is 0 Å². The van der Waals surface area contributed by atoms with E-state index in [4.69, 9.17) is 21.1 Å². The van der Waals surface area contributed by atoms with Crippen LogP contribution in [0.25, 0.3) is 0 Å². The SMILES string of the molecule is O=C(NCCOc1ccccc1Cl)C1(c2ccccc2)CCOCC1. The molecule has 0 atom stereocenters. The molecule has 132 valence electrons. The minimum Gasteiger partial charge on any atom is -0.490 e. The minimum absolute atomic E-state index is 0.0322. The van der Waals surface area contributed by atoms with Crippen molar-refractivity contribution in [3.8, 4) is 5.75 Å². The number of carbonyl (C=O) groups excluding carboxylic acids is 1. The van der Waals surface area contributed by atoms with Crippen LogP contribution >= 0.6 is 11.6 Å². The Hall–Kier alpha value is -2.04. The van der Waals surface area contributed by atoms with Crippen molar-refractivity contribution in [3.63, 3.8) is 0 Å². The summed E-state index contributed by atoms with van der Waals surface area (Å²) in [6.07, 6.45) is 1.38. The lowest BCUT2D eigenvalue weighted by atomic mass is 9.73. The van der Waals surface area contributed by atoms with Crippen LogP contribution in [0.5, 0.6) is 5.75 Å². The number of carbonyl (C=O) groups is 1. The first-order valence-corrected chi connectivity index (χ1v) is 8.89. The van der Waals surface area contributed by atoms with E-state index in [9.17, 15) is 4.79 Å². The zero-order valence-electron chi connectivity index (χ0n) is 14.0. The van der Waals surface area contributed by atoms with Crippen LogP contribution in [0.3, 0.4) is 0 Å². The molecule has 1 heterocycles. The minimum atomic E-state index is -0.524. The highest BCUT2D eigenvalue weighted by atomic mass is 35.5. The van der Waals surface area contributed by atoms with Crippen molar-refractivity contribution in [2.75, 3.05) is 26.4 Å². The van der Waals surface area contributed by atoms with Crippen molar-refractivity contribution in [1.82, 2.24) is 5.32 Å². The van der Waals surface area contributed by atoms with Crippen LogP contribution in [0.4, 0.5) is 0 Å². The number of hydrogen-bond donors (Lipinski definition) is 1. The summed E-state index contributed by atoms with van der Waals surface area (Å²) < 4.78 is 11.1. The molecule has 1 amide bonds. The highest BCUT2D eigenvalue weighted by Crippen LogP contribution is 2.35. The number of rotatable bonds is 6. The fourth-order valence-corrected chi connectivity index (χ4v) is 3.37. The molecule has 1 N–H and O–H groups in total. The quantitative estimate of drug-likeness (QED) is 0.802. The van der Waals surface area contributed by atoms with Crippen molar-refractivity contribution < 1.29 is 14.3 Å². The monoisotopic (exact) mass is 359 g/mol. The predicted molar refractivity (Wildman–Crippen MR) is 98.1 cm³/mol. The second kappa shape index (κ2) is 8.37. The molecule has 0 radical (unpaired) electrons. The topological polar surface area (TPSA) is 47.6 Å². The van der Waals surface area contributed by atoms with Crippen LogP contribution in [0.1, 0.15) is 18.4 Å². The zero-order valence-corrected chi connectivity index (χ0v) is 14.8. The molecule has 1 saturated heterocycles. The van der Waals surface area contributed by atoms with Gasteiger partial charge < -0.3 is 14.8 Å². The molecule has 3 rings (SSSR count). The molecule has 0 bridgehead atoms. The Morgan fingerprint density at radius 2 is 1.76 bits per heavy atom. The van der Waals surface area contributed by atoms with E-state index in [0.29, 0.717) is 50.0 Å². The predicted octanol–water partition coefficient (Wildman–Crippen LogP) is 3.58. The van der Waals surface area contributed by atoms with Gasteiger partial charge in [-0.25, -0.2) is 0 Å². The Balaban J connectivity index is 1.61. The van der Waals surface area contributed by atoms with Gasteiger partial charge >= 0.3 is 0 Å². The van der Waals surface area contributed by atoms with Crippen molar-refractivity contribution in [2.45, 2.75) is 18.3 Å². The summed E-state index contributed by atoms with van der Waals surface area (Å²) in [4.78, 5) is 13.0. The first kappa shape index (κ1) is 17.8. The molecule has 2 aromatic rings. The number of amides is 1. The van der Waals surface area contributed by atoms with Gasteiger partial charge in [-0.15, -0.1) is 0 Å². The van der Waals surface area contributed by atoms with E-state index in [1.807, 2.05) is 48.5 Å². The van der Waals surface area contributed by atoms with Gasteiger partial charge in [0.2, 0.25) is 5.91 Å². The maximum Gasteiger partial charge on any atom is 0.230 e. The zero-order chi connectivity index (χ0) is 17.5. The fraction of sp³-hybridized carbons (Fsp3) is 0.350. The summed E-state index contributed by atoms with van der Waals surface area (Å²) in [7, 11) is 0. The summed E-state index contributed by atoms with van der Waals surface area (Å²) in [5, 5.41) is 3.59. The second-order valence-electron chi connectivity index (χ2n) is 6.10. The molecule has 2 aromatic carbocycles. The maximum absolute atomic E-state index is 13.0. The van der Waals surface area contributed by atoms with Crippen LogP contribution in [0.2, 0.25) is 5.02 Å². The molecule has 4 nitrogen and oxygen atoms in total. The van der Waals surface area contributed by atoms with Gasteiger partial charge in [-0.05, 0) is 30.5 Å². The molecule has 1 aliphatic heterocycles. The number of para-hydroxylation sites is 1. The summed E-state index contributed by atoms with van der Waals surface area (Å²) in [6.45, 7) is 1.99. The fourth-order valence-electron chi connectivity index (χ4n) is 3.18. The average molecular weight is 360 g/mol. The summed E-state index contributed by atoms with van der Waals surface area (Å²) in [5.74, 6) is 0.659. The van der Waals surface area contributed by atoms with Crippen molar-refractivity contribution in [2.24, 2.45) is 0 Å². The Kier molecular flexibility index (Phi) is 5.95. The summed E-state index contributed by atoms with van der Waals surface area (Å²) in [5.41, 5.74) is 0.520. The van der Waals surface area contributed by atoms with Crippen LogP contribution in [0.15, 0.2) is 54.6 Å². The van der Waals surface area contributed by atoms with E-state index in [-0.39, 0.29) is 5.91 Å². The van der Waals surface area contributed by atoms with E-state index >= 15 is 0 Å². The summed E-state index contributed by atoms with van der Waals surface area (Å²) >= 11 is 6.06. The number of nitrogens with one attached hydrogen (secondary N) is 1. The third-order valence-corrected chi connectivity index (χ3v) is 4.90. The molecular weight excluding hydrogens is 338 g/mol. The third kappa shape index (κ3) is 4.14. The van der Waals surface area contributed by atoms with Gasteiger partial charge in [0, 0.05) is 13.2 Å². The van der Waals surface area contributed by atoms with Crippen molar-refractivity contribution in [3.05, 3.63) is 65.2 Å². The first-order valence-electron chi connectivity index (χ1n) is 8.51.